The van der Waals surface area contributed by atoms with Crippen LogP contribution in [0, 0.1) is 13.8 Å². The molecule has 0 spiro atoms. The van der Waals surface area contributed by atoms with Crippen LogP contribution in [-0.4, -0.2) is 24.6 Å². The Labute approximate surface area is 132 Å². The molecule has 0 aliphatic heterocycles. The molecule has 0 atom stereocenters. The van der Waals surface area contributed by atoms with Crippen LogP contribution in [0.5, 0.6) is 5.75 Å². The molecule has 0 bridgehead atoms. The first-order valence-corrected chi connectivity index (χ1v) is 7.29. The Bertz CT molecular complexity index is 471. The van der Waals surface area contributed by atoms with E-state index in [1.807, 2.05) is 32.0 Å². The number of halogens is 1. The van der Waals surface area contributed by atoms with Gasteiger partial charge in [-0.3, -0.25) is 4.79 Å². The zero-order chi connectivity index (χ0) is 14.5. The zero-order valence-corrected chi connectivity index (χ0v) is 13.5. The first kappa shape index (κ1) is 17.8. The lowest BCUT2D eigenvalue weighted by molar-refractivity contribution is -0.124. The van der Waals surface area contributed by atoms with E-state index in [-0.39, 0.29) is 31.0 Å². The van der Waals surface area contributed by atoms with Crippen molar-refractivity contribution in [2.24, 2.45) is 5.73 Å². The minimum atomic E-state index is -0.0497. The standard InChI is InChI=1S/C16H24N2O2.ClH/c1-11-3-4-12(2)15(9-11)20-10-16(19)18-14-7-5-13(17)6-8-14;/h3-4,9,13-14H,5-8,10,17H2,1-2H3,(H,18,19);1H. The highest BCUT2D eigenvalue weighted by Gasteiger charge is 2.20. The minimum Gasteiger partial charge on any atom is -0.483 e. The number of carbonyl (C=O) groups excluding carboxylic acids is 1. The summed E-state index contributed by atoms with van der Waals surface area (Å²) in [6.45, 7) is 4.07. The number of benzene rings is 1. The van der Waals surface area contributed by atoms with Crippen LogP contribution in [0.1, 0.15) is 36.8 Å². The fourth-order valence-electron chi connectivity index (χ4n) is 2.54. The SMILES string of the molecule is Cc1ccc(C)c(OCC(=O)NC2CCC(N)CC2)c1.Cl. The third-order valence-electron chi connectivity index (χ3n) is 3.84. The highest BCUT2D eigenvalue weighted by molar-refractivity contribution is 5.85. The molecule has 1 aromatic rings. The highest BCUT2D eigenvalue weighted by Crippen LogP contribution is 2.19. The van der Waals surface area contributed by atoms with Crippen molar-refractivity contribution in [3.05, 3.63) is 29.3 Å². The fourth-order valence-corrected chi connectivity index (χ4v) is 2.54. The van der Waals surface area contributed by atoms with Crippen molar-refractivity contribution in [1.29, 1.82) is 0 Å². The zero-order valence-electron chi connectivity index (χ0n) is 12.7. The molecule has 4 nitrogen and oxygen atoms in total. The normalized spacial score (nSPS) is 21.3. The van der Waals surface area contributed by atoms with Crippen LogP contribution in [0.2, 0.25) is 0 Å². The summed E-state index contributed by atoms with van der Waals surface area (Å²) in [4.78, 5) is 11.9. The molecule has 1 amide bonds. The van der Waals surface area contributed by atoms with Crippen molar-refractivity contribution in [1.82, 2.24) is 5.32 Å². The molecule has 1 aromatic carbocycles. The van der Waals surface area contributed by atoms with Gasteiger partial charge >= 0.3 is 0 Å². The second kappa shape index (κ2) is 8.25. The molecule has 5 heteroatoms. The molecule has 1 aliphatic carbocycles. The topological polar surface area (TPSA) is 64.3 Å². The predicted molar refractivity (Wildman–Crippen MR) is 87.0 cm³/mol. The number of hydrogen-bond acceptors (Lipinski definition) is 3. The van der Waals surface area contributed by atoms with Gasteiger partial charge in [0.1, 0.15) is 5.75 Å². The van der Waals surface area contributed by atoms with Gasteiger partial charge in [-0.1, -0.05) is 12.1 Å². The van der Waals surface area contributed by atoms with Gasteiger partial charge in [-0.15, -0.1) is 12.4 Å². The van der Waals surface area contributed by atoms with Gasteiger partial charge < -0.3 is 15.8 Å². The first-order chi connectivity index (χ1) is 9.54. The molecular weight excluding hydrogens is 288 g/mol. The van der Waals surface area contributed by atoms with E-state index in [1.165, 1.54) is 0 Å². The van der Waals surface area contributed by atoms with Crippen LogP contribution in [0.4, 0.5) is 0 Å². The molecule has 0 aromatic heterocycles. The Hall–Kier alpha value is -1.26. The number of aryl methyl sites for hydroxylation is 2. The van der Waals surface area contributed by atoms with Crippen LogP contribution >= 0.6 is 12.4 Å². The number of hydrogen-bond donors (Lipinski definition) is 2. The summed E-state index contributed by atoms with van der Waals surface area (Å²) in [7, 11) is 0. The predicted octanol–water partition coefficient (Wildman–Crippen LogP) is 2.49. The Kier molecular flexibility index (Phi) is 6.99. The number of ether oxygens (including phenoxy) is 1. The largest absolute Gasteiger partial charge is 0.483 e. The van der Waals surface area contributed by atoms with Crippen LogP contribution in [0.3, 0.4) is 0 Å². The maximum Gasteiger partial charge on any atom is 0.258 e. The molecule has 1 fully saturated rings. The van der Waals surface area contributed by atoms with Gasteiger partial charge in [0.15, 0.2) is 6.61 Å². The van der Waals surface area contributed by atoms with E-state index in [0.29, 0.717) is 6.04 Å². The van der Waals surface area contributed by atoms with E-state index >= 15 is 0 Å². The van der Waals surface area contributed by atoms with Crippen LogP contribution in [0.15, 0.2) is 18.2 Å². The number of nitrogens with two attached hydrogens (primary N) is 1. The molecule has 0 saturated heterocycles. The molecule has 1 saturated carbocycles. The van der Waals surface area contributed by atoms with Crippen LogP contribution in [0.25, 0.3) is 0 Å². The van der Waals surface area contributed by atoms with Crippen molar-refractivity contribution in [2.75, 3.05) is 6.61 Å². The summed E-state index contributed by atoms with van der Waals surface area (Å²) < 4.78 is 5.61. The smallest absolute Gasteiger partial charge is 0.258 e. The fraction of sp³-hybridized carbons (Fsp3) is 0.562. The van der Waals surface area contributed by atoms with E-state index in [0.717, 1.165) is 42.6 Å². The summed E-state index contributed by atoms with van der Waals surface area (Å²) in [5.41, 5.74) is 8.04. The Morgan fingerprint density at radius 3 is 2.62 bits per heavy atom. The van der Waals surface area contributed by atoms with Crippen molar-refractivity contribution >= 4 is 18.3 Å². The van der Waals surface area contributed by atoms with E-state index in [9.17, 15) is 4.79 Å². The van der Waals surface area contributed by atoms with Gasteiger partial charge in [0.05, 0.1) is 0 Å². The van der Waals surface area contributed by atoms with Gasteiger partial charge in [0, 0.05) is 12.1 Å². The molecule has 2 rings (SSSR count). The molecule has 21 heavy (non-hydrogen) atoms. The van der Waals surface area contributed by atoms with E-state index in [4.69, 9.17) is 10.5 Å². The van der Waals surface area contributed by atoms with Crippen molar-refractivity contribution in [3.63, 3.8) is 0 Å². The Balaban J connectivity index is 0.00000220. The number of amides is 1. The van der Waals surface area contributed by atoms with Crippen LogP contribution in [-0.2, 0) is 4.79 Å². The first-order valence-electron chi connectivity index (χ1n) is 7.29. The van der Waals surface area contributed by atoms with Crippen molar-refractivity contribution in [3.8, 4) is 5.75 Å². The van der Waals surface area contributed by atoms with Crippen molar-refractivity contribution in [2.45, 2.75) is 51.6 Å². The van der Waals surface area contributed by atoms with E-state index in [2.05, 4.69) is 5.32 Å². The Morgan fingerprint density at radius 2 is 1.95 bits per heavy atom. The van der Waals surface area contributed by atoms with Gasteiger partial charge in [-0.25, -0.2) is 0 Å². The van der Waals surface area contributed by atoms with Crippen molar-refractivity contribution < 1.29 is 9.53 Å². The highest BCUT2D eigenvalue weighted by atomic mass is 35.5. The molecular formula is C16H25ClN2O2. The molecule has 3 N–H and O–H groups in total. The van der Waals surface area contributed by atoms with Gasteiger partial charge in [0.25, 0.3) is 5.91 Å². The number of carbonyl (C=O) groups is 1. The lowest BCUT2D eigenvalue weighted by atomic mass is 9.92. The third-order valence-corrected chi connectivity index (χ3v) is 3.84. The summed E-state index contributed by atoms with van der Waals surface area (Å²) in [5, 5.41) is 3.02. The third kappa shape index (κ3) is 5.56. The lowest BCUT2D eigenvalue weighted by Crippen LogP contribution is -2.42. The second-order valence-electron chi connectivity index (χ2n) is 5.74. The van der Waals surface area contributed by atoms with E-state index in [1.54, 1.807) is 0 Å². The van der Waals surface area contributed by atoms with Crippen LogP contribution < -0.4 is 15.8 Å². The average molecular weight is 313 g/mol. The maximum atomic E-state index is 11.9. The van der Waals surface area contributed by atoms with Gasteiger partial charge in [-0.05, 0) is 56.7 Å². The summed E-state index contributed by atoms with van der Waals surface area (Å²) in [5.74, 6) is 0.734. The minimum absolute atomic E-state index is 0. The number of rotatable bonds is 4. The van der Waals surface area contributed by atoms with Gasteiger partial charge in [0.2, 0.25) is 0 Å². The molecule has 1 aliphatic rings. The number of nitrogens with one attached hydrogen (secondary N) is 1. The molecule has 118 valence electrons. The summed E-state index contributed by atoms with van der Waals surface area (Å²) in [6, 6.07) is 6.56. The second-order valence-corrected chi connectivity index (χ2v) is 5.74. The molecule has 0 unspecified atom stereocenters. The lowest BCUT2D eigenvalue weighted by Gasteiger charge is -2.26. The Morgan fingerprint density at radius 1 is 1.29 bits per heavy atom. The maximum absolute atomic E-state index is 11.9. The van der Waals surface area contributed by atoms with Gasteiger partial charge in [-0.2, -0.15) is 0 Å². The quantitative estimate of drug-likeness (QED) is 0.898. The van der Waals surface area contributed by atoms with E-state index < -0.39 is 0 Å². The monoisotopic (exact) mass is 312 g/mol. The average Bonchev–Trinajstić information content (AvgIpc) is 2.42. The summed E-state index contributed by atoms with van der Waals surface area (Å²) >= 11 is 0. The molecule has 0 radical (unpaired) electrons. The molecule has 0 heterocycles. The summed E-state index contributed by atoms with van der Waals surface area (Å²) in [6.07, 6.45) is 3.92.